The molecule has 0 fully saturated rings. The molecule has 20 heteroatoms. The number of hydrogen-bond donors (Lipinski definition) is 2. The Kier molecular flexibility index (Phi) is 20.4. The summed E-state index contributed by atoms with van der Waals surface area (Å²) in [5.74, 6) is -0.891. The molecule has 0 spiro atoms. The van der Waals surface area contributed by atoms with Crippen LogP contribution >= 0.6 is 31.9 Å². The number of halogens is 8. The minimum atomic E-state index is -4.52. The number of carbonyl (C=O) groups excluding carboxylic acids is 1. The van der Waals surface area contributed by atoms with E-state index in [9.17, 15) is 41.0 Å². The van der Waals surface area contributed by atoms with Gasteiger partial charge in [0.2, 0.25) is 0 Å². The quantitative estimate of drug-likeness (QED) is 0.0473. The van der Waals surface area contributed by atoms with Crippen LogP contribution in [-0.2, 0) is 25.4 Å². The van der Waals surface area contributed by atoms with Crippen LogP contribution in [0, 0.1) is 0 Å². The van der Waals surface area contributed by atoms with E-state index >= 15 is 0 Å². The number of carbonyl (C=O) groups is 2. The summed E-state index contributed by atoms with van der Waals surface area (Å²) in [7, 11) is 0. The zero-order valence-electron chi connectivity index (χ0n) is 37.1. The van der Waals surface area contributed by atoms with E-state index in [0.29, 0.717) is 51.0 Å². The molecule has 2 heterocycles. The molecule has 0 aliphatic heterocycles. The highest BCUT2D eigenvalue weighted by molar-refractivity contribution is 9.11. The van der Waals surface area contributed by atoms with Crippen LogP contribution in [0.25, 0.3) is 22.3 Å². The first-order chi connectivity index (χ1) is 32.5. The molecule has 0 atom stereocenters. The van der Waals surface area contributed by atoms with Gasteiger partial charge in [0, 0.05) is 35.6 Å². The van der Waals surface area contributed by atoms with Gasteiger partial charge in [0.25, 0.3) is 5.91 Å². The fraction of sp³-hybridized carbons (Fsp3) is 0.375. The van der Waals surface area contributed by atoms with E-state index in [1.54, 1.807) is 41.5 Å². The number of carboxylic acid groups (broad SMARTS) is 1. The van der Waals surface area contributed by atoms with Gasteiger partial charge >= 0.3 is 18.3 Å². The lowest BCUT2D eigenvalue weighted by Crippen LogP contribution is -2.24. The summed E-state index contributed by atoms with van der Waals surface area (Å²) in [6.45, 7) is 3.88. The zero-order valence-corrected chi connectivity index (χ0v) is 40.3. The minimum absolute atomic E-state index is 0.0806. The van der Waals surface area contributed by atoms with Gasteiger partial charge in [0.1, 0.15) is 24.7 Å². The summed E-state index contributed by atoms with van der Waals surface area (Å²) in [6.07, 6.45) is 9.42. The Labute approximate surface area is 406 Å². The summed E-state index contributed by atoms with van der Waals surface area (Å²) < 4.78 is 95.2. The highest BCUT2D eigenvalue weighted by Gasteiger charge is 2.32. The van der Waals surface area contributed by atoms with Crippen LogP contribution in [0.4, 0.5) is 26.3 Å². The molecular weight excluding hydrogens is 1030 g/mol. The Bertz CT molecular complexity index is 2520. The first kappa shape index (κ1) is 53.2. The van der Waals surface area contributed by atoms with E-state index < -0.39 is 29.4 Å². The number of carboxylic acids is 1. The molecule has 0 aliphatic rings. The molecule has 0 radical (unpaired) electrons. The van der Waals surface area contributed by atoms with Gasteiger partial charge in [0.05, 0.1) is 51.1 Å². The van der Waals surface area contributed by atoms with Gasteiger partial charge in [-0.2, -0.15) is 26.3 Å². The highest BCUT2D eigenvalue weighted by Crippen LogP contribution is 2.42. The van der Waals surface area contributed by atoms with E-state index in [-0.39, 0.29) is 41.6 Å². The Morgan fingerprint density at radius 1 is 0.632 bits per heavy atom. The van der Waals surface area contributed by atoms with Crippen molar-refractivity contribution in [1.29, 1.82) is 0 Å². The summed E-state index contributed by atoms with van der Waals surface area (Å²) >= 11 is 6.73. The second-order valence-corrected chi connectivity index (χ2v) is 17.3. The number of aromatic nitrogens is 6. The normalized spacial score (nSPS) is 11.5. The number of unbranched alkanes of at least 4 members (excludes halogenated alkanes) is 9. The van der Waals surface area contributed by atoms with Gasteiger partial charge in [0.15, 0.2) is 0 Å². The van der Waals surface area contributed by atoms with Crippen molar-refractivity contribution in [1.82, 2.24) is 35.3 Å². The molecule has 0 aliphatic carbocycles. The third-order valence-corrected chi connectivity index (χ3v) is 11.7. The Morgan fingerprint density at radius 3 is 1.50 bits per heavy atom. The van der Waals surface area contributed by atoms with Crippen molar-refractivity contribution in [3.63, 3.8) is 0 Å². The smallest absolute Gasteiger partial charge is 0.416 e. The Hall–Kier alpha value is -5.76. The summed E-state index contributed by atoms with van der Waals surface area (Å²) in [4.78, 5) is 24.4. The topological polar surface area (TPSA) is 146 Å². The molecule has 0 unspecified atom stereocenters. The standard InChI is InChI=1S/C30H38BrF3N4O2.C18H13BrF3N3O3/c1-2-3-4-5-6-7-8-9-10-11-15-35-29(39)24-21-26(23-13-12-14-25(20-23)30(32,33)34)28(27(31)22-24)40-19-18-38-17-16-36-37-38;19-15-10-12(17(26)27)9-14(11-2-1-3-13(8-11)18(20,21)22)16(15)28-7-6-25-5-4-23-24-25/h12-14,16-17,20-22H,2-11,15,18-19H2,1H3,(H,35,39);1-5,8-10H,6-7H2,(H,26,27). The number of benzene rings is 4. The van der Waals surface area contributed by atoms with Gasteiger partial charge in [-0.15, -0.1) is 10.2 Å². The molecule has 0 bridgehead atoms. The number of alkyl halides is 6. The molecule has 0 saturated heterocycles. The number of hydrogen-bond acceptors (Lipinski definition) is 8. The zero-order chi connectivity index (χ0) is 49.1. The molecule has 12 nitrogen and oxygen atoms in total. The second kappa shape index (κ2) is 26.1. The van der Waals surface area contributed by atoms with Gasteiger partial charge < -0.3 is 19.9 Å². The minimum Gasteiger partial charge on any atom is -0.490 e. The van der Waals surface area contributed by atoms with Crippen molar-refractivity contribution in [2.75, 3.05) is 19.8 Å². The van der Waals surface area contributed by atoms with Gasteiger partial charge in [-0.25, -0.2) is 14.2 Å². The lowest BCUT2D eigenvalue weighted by atomic mass is 9.99. The van der Waals surface area contributed by atoms with Crippen LogP contribution in [0.2, 0.25) is 0 Å². The molecule has 364 valence electrons. The van der Waals surface area contributed by atoms with Crippen LogP contribution < -0.4 is 14.8 Å². The van der Waals surface area contributed by atoms with Crippen molar-refractivity contribution < 1.29 is 50.5 Å². The van der Waals surface area contributed by atoms with Crippen LogP contribution in [0.15, 0.2) is 107 Å². The lowest BCUT2D eigenvalue weighted by Gasteiger charge is -2.17. The Balaban J connectivity index is 0.000000270. The molecule has 4 aromatic carbocycles. The number of nitrogens with zero attached hydrogens (tertiary/aromatic N) is 6. The van der Waals surface area contributed by atoms with E-state index in [2.05, 4.69) is 64.7 Å². The molecule has 2 N–H and O–H groups in total. The number of ether oxygens (including phenoxy) is 2. The average Bonchev–Trinajstić information content (AvgIpc) is 4.04. The van der Waals surface area contributed by atoms with Crippen molar-refractivity contribution in [3.05, 3.63) is 129 Å². The summed E-state index contributed by atoms with van der Waals surface area (Å²) in [6, 6.07) is 15.5. The van der Waals surface area contributed by atoms with Crippen molar-refractivity contribution in [2.45, 2.75) is 96.6 Å². The molecule has 0 saturated carbocycles. The molecule has 6 aromatic rings. The highest BCUT2D eigenvalue weighted by atomic mass is 79.9. The number of amides is 1. The van der Waals surface area contributed by atoms with Gasteiger partial charge in [-0.1, -0.05) is 99.4 Å². The number of aromatic carboxylic acids is 1. The third-order valence-electron chi connectivity index (χ3n) is 10.5. The average molecular weight is 1080 g/mol. The van der Waals surface area contributed by atoms with E-state index in [1.165, 1.54) is 86.2 Å². The van der Waals surface area contributed by atoms with Crippen LogP contribution in [-0.4, -0.2) is 66.7 Å². The summed E-state index contributed by atoms with van der Waals surface area (Å²) in [5.41, 5.74) is -0.233. The first-order valence-electron chi connectivity index (χ1n) is 22.0. The van der Waals surface area contributed by atoms with E-state index in [4.69, 9.17) is 9.47 Å². The monoisotopic (exact) mass is 1080 g/mol. The molecule has 1 amide bonds. The number of nitrogens with one attached hydrogen (secondary N) is 1. The fourth-order valence-corrected chi connectivity index (χ4v) is 8.14. The molecule has 68 heavy (non-hydrogen) atoms. The maximum absolute atomic E-state index is 13.4. The molecule has 2 aromatic heterocycles. The van der Waals surface area contributed by atoms with Gasteiger partial charge in [-0.05, 0) is 97.9 Å². The maximum Gasteiger partial charge on any atom is 0.416 e. The molecular formula is C48H51Br2F6N7O5. The number of rotatable bonds is 23. The third kappa shape index (κ3) is 16.5. The largest absolute Gasteiger partial charge is 0.490 e. The maximum atomic E-state index is 13.4. The predicted octanol–water partition coefficient (Wildman–Crippen LogP) is 13.0. The SMILES string of the molecule is CCCCCCCCCCCCNC(=O)c1cc(Br)c(OCCn2ccnn2)c(-c2cccc(C(F)(F)F)c2)c1.O=C(O)c1cc(Br)c(OCCn2ccnn2)c(-c2cccc(C(F)(F)F)c2)c1. The van der Waals surface area contributed by atoms with Crippen molar-refractivity contribution >= 4 is 43.7 Å². The van der Waals surface area contributed by atoms with E-state index in [1.807, 2.05) is 0 Å². The van der Waals surface area contributed by atoms with Crippen LogP contribution in [0.5, 0.6) is 11.5 Å². The van der Waals surface area contributed by atoms with Crippen molar-refractivity contribution in [3.8, 4) is 33.8 Å². The summed E-state index contributed by atoms with van der Waals surface area (Å²) in [5, 5.41) is 27.4. The Morgan fingerprint density at radius 2 is 1.07 bits per heavy atom. The van der Waals surface area contributed by atoms with Crippen molar-refractivity contribution in [2.24, 2.45) is 0 Å². The second-order valence-electron chi connectivity index (χ2n) is 15.6. The van der Waals surface area contributed by atoms with Gasteiger partial charge in [-0.3, -0.25) is 4.79 Å². The van der Waals surface area contributed by atoms with Crippen LogP contribution in [0.1, 0.15) is 103 Å². The lowest BCUT2D eigenvalue weighted by molar-refractivity contribution is -0.138. The van der Waals surface area contributed by atoms with Crippen LogP contribution in [0.3, 0.4) is 0 Å². The van der Waals surface area contributed by atoms with E-state index in [0.717, 1.165) is 43.5 Å². The molecule has 6 rings (SSSR count). The first-order valence-corrected chi connectivity index (χ1v) is 23.6. The predicted molar refractivity (Wildman–Crippen MR) is 251 cm³/mol. The fourth-order valence-electron chi connectivity index (χ4n) is 6.99.